The van der Waals surface area contributed by atoms with E-state index in [9.17, 15) is 9.59 Å². The number of nitrogens with one attached hydrogen (secondary N) is 1. The molecule has 0 saturated carbocycles. The maximum Gasteiger partial charge on any atom is 0.305 e. The van der Waals surface area contributed by atoms with Gasteiger partial charge in [0.1, 0.15) is 0 Å². The molecule has 0 saturated heterocycles. The molecule has 1 aliphatic rings. The molecule has 0 bridgehead atoms. The van der Waals surface area contributed by atoms with Gasteiger partial charge in [-0.1, -0.05) is 6.07 Å². The summed E-state index contributed by atoms with van der Waals surface area (Å²) < 4.78 is 0. The van der Waals surface area contributed by atoms with E-state index in [1.165, 1.54) is 11.8 Å². The third-order valence-corrected chi connectivity index (χ3v) is 3.86. The van der Waals surface area contributed by atoms with E-state index >= 15 is 0 Å². The van der Waals surface area contributed by atoms with Crippen molar-refractivity contribution < 1.29 is 14.7 Å². The van der Waals surface area contributed by atoms with E-state index in [1.807, 2.05) is 12.1 Å². The zero-order chi connectivity index (χ0) is 13.3. The molecular weight excluding hydrogens is 252 g/mol. The van der Waals surface area contributed by atoms with Crippen LogP contribution in [0.1, 0.15) is 18.9 Å². The van der Waals surface area contributed by atoms with Gasteiger partial charge in [0.15, 0.2) is 0 Å². The number of benzene rings is 1. The van der Waals surface area contributed by atoms with Crippen molar-refractivity contribution in [2.24, 2.45) is 5.73 Å². The Morgan fingerprint density at radius 1 is 1.61 bits per heavy atom. The number of thioether (sulfide) groups is 1. The molecule has 1 aromatic rings. The largest absolute Gasteiger partial charge is 0.481 e. The molecule has 1 aromatic carbocycles. The number of amides is 1. The van der Waals surface area contributed by atoms with E-state index in [0.29, 0.717) is 17.0 Å². The van der Waals surface area contributed by atoms with Crippen molar-refractivity contribution in [3.63, 3.8) is 0 Å². The van der Waals surface area contributed by atoms with Crippen molar-refractivity contribution in [3.05, 3.63) is 23.8 Å². The SMILES string of the molecule is CC(N)(CC(=O)O)c1ccc2c(c1)NC(=O)CS2. The number of rotatable bonds is 3. The Morgan fingerprint density at radius 3 is 3.00 bits per heavy atom. The van der Waals surface area contributed by atoms with Crippen LogP contribution in [0.15, 0.2) is 23.1 Å². The van der Waals surface area contributed by atoms with Gasteiger partial charge in [-0.15, -0.1) is 11.8 Å². The summed E-state index contributed by atoms with van der Waals surface area (Å²) in [5, 5.41) is 11.6. The van der Waals surface area contributed by atoms with Crippen LogP contribution in [0.2, 0.25) is 0 Å². The predicted octanol–water partition coefficient (Wildman–Crippen LogP) is 1.38. The number of hydrogen-bond acceptors (Lipinski definition) is 4. The predicted molar refractivity (Wildman–Crippen MR) is 69.6 cm³/mol. The number of carbonyl (C=O) groups excluding carboxylic acids is 1. The summed E-state index contributed by atoms with van der Waals surface area (Å²) in [6.45, 7) is 1.67. The number of hydrogen-bond donors (Lipinski definition) is 3. The fraction of sp³-hybridized carbons (Fsp3) is 0.333. The lowest BCUT2D eigenvalue weighted by atomic mass is 9.89. The molecule has 96 valence electrons. The van der Waals surface area contributed by atoms with Gasteiger partial charge in [-0.2, -0.15) is 0 Å². The van der Waals surface area contributed by atoms with Crippen molar-refractivity contribution in [1.29, 1.82) is 0 Å². The molecule has 4 N–H and O–H groups in total. The fourth-order valence-corrected chi connectivity index (χ4v) is 2.64. The molecule has 0 radical (unpaired) electrons. The number of carboxylic acid groups (broad SMARTS) is 1. The lowest BCUT2D eigenvalue weighted by Gasteiger charge is -2.25. The second-order valence-corrected chi connectivity index (χ2v) is 5.55. The molecular formula is C12H14N2O3S. The van der Waals surface area contributed by atoms with E-state index in [4.69, 9.17) is 10.8 Å². The molecule has 18 heavy (non-hydrogen) atoms. The lowest BCUT2D eigenvalue weighted by molar-refractivity contribution is -0.138. The van der Waals surface area contributed by atoms with Crippen LogP contribution in [0, 0.1) is 0 Å². The van der Waals surface area contributed by atoms with Crippen molar-refractivity contribution in [3.8, 4) is 0 Å². The van der Waals surface area contributed by atoms with Crippen molar-refractivity contribution >= 4 is 29.3 Å². The average Bonchev–Trinajstić information content (AvgIpc) is 2.26. The first-order valence-corrected chi connectivity index (χ1v) is 6.45. The highest BCUT2D eigenvalue weighted by molar-refractivity contribution is 8.00. The van der Waals surface area contributed by atoms with Gasteiger partial charge >= 0.3 is 5.97 Å². The van der Waals surface area contributed by atoms with Gasteiger partial charge in [0.2, 0.25) is 5.91 Å². The summed E-state index contributed by atoms with van der Waals surface area (Å²) in [4.78, 5) is 23.1. The molecule has 1 heterocycles. The maximum atomic E-state index is 11.3. The number of carbonyl (C=O) groups is 2. The second-order valence-electron chi connectivity index (χ2n) is 4.54. The minimum atomic E-state index is -0.951. The summed E-state index contributed by atoms with van der Waals surface area (Å²) in [5.74, 6) is -0.598. The summed E-state index contributed by atoms with van der Waals surface area (Å²) in [6, 6.07) is 5.43. The van der Waals surface area contributed by atoms with Crippen molar-refractivity contribution in [1.82, 2.24) is 0 Å². The van der Waals surface area contributed by atoms with Gasteiger partial charge in [-0.25, -0.2) is 0 Å². The van der Waals surface area contributed by atoms with E-state index in [2.05, 4.69) is 5.32 Å². The number of anilines is 1. The molecule has 0 fully saturated rings. The molecule has 6 heteroatoms. The first kappa shape index (κ1) is 12.9. The van der Waals surface area contributed by atoms with Crippen LogP contribution >= 0.6 is 11.8 Å². The standard InChI is InChI=1S/C12H14N2O3S/c1-12(13,5-11(16)17)7-2-3-9-8(4-7)14-10(15)6-18-9/h2-4H,5-6,13H2,1H3,(H,14,15)(H,16,17). The third-order valence-electron chi connectivity index (χ3n) is 2.79. The molecule has 1 atom stereocenters. The number of carboxylic acids is 1. The van der Waals surface area contributed by atoms with Gasteiger partial charge < -0.3 is 16.2 Å². The van der Waals surface area contributed by atoms with Crippen LogP contribution in [0.4, 0.5) is 5.69 Å². The molecule has 1 aliphatic heterocycles. The highest BCUT2D eigenvalue weighted by Gasteiger charge is 2.26. The third kappa shape index (κ3) is 2.65. The van der Waals surface area contributed by atoms with Crippen LogP contribution in [0.5, 0.6) is 0 Å². The zero-order valence-corrected chi connectivity index (χ0v) is 10.7. The summed E-state index contributed by atoms with van der Waals surface area (Å²) in [6.07, 6.45) is -0.160. The lowest BCUT2D eigenvalue weighted by Crippen LogP contribution is -2.35. The quantitative estimate of drug-likeness (QED) is 0.768. The highest BCUT2D eigenvalue weighted by atomic mass is 32.2. The van der Waals surface area contributed by atoms with Crippen LogP contribution in [0.3, 0.4) is 0 Å². The zero-order valence-electron chi connectivity index (χ0n) is 9.90. The Labute approximate surface area is 109 Å². The first-order chi connectivity index (χ1) is 8.38. The van der Waals surface area contributed by atoms with Crippen LogP contribution in [-0.2, 0) is 15.1 Å². The van der Waals surface area contributed by atoms with Crippen LogP contribution in [-0.4, -0.2) is 22.7 Å². The van der Waals surface area contributed by atoms with Crippen molar-refractivity contribution in [2.75, 3.05) is 11.1 Å². The topological polar surface area (TPSA) is 92.4 Å². The van der Waals surface area contributed by atoms with Crippen LogP contribution in [0.25, 0.3) is 0 Å². The summed E-state index contributed by atoms with van der Waals surface area (Å²) in [5.41, 5.74) is 6.46. The number of aliphatic carboxylic acids is 1. The van der Waals surface area contributed by atoms with Gasteiger partial charge in [0.25, 0.3) is 0 Å². The minimum Gasteiger partial charge on any atom is -0.481 e. The van der Waals surface area contributed by atoms with Gasteiger partial charge in [0.05, 0.1) is 17.9 Å². The summed E-state index contributed by atoms with van der Waals surface area (Å²) in [7, 11) is 0. The normalized spacial score (nSPS) is 17.6. The highest BCUT2D eigenvalue weighted by Crippen LogP contribution is 2.34. The molecule has 5 nitrogen and oxygen atoms in total. The van der Waals surface area contributed by atoms with E-state index < -0.39 is 11.5 Å². The Morgan fingerprint density at radius 2 is 2.33 bits per heavy atom. The summed E-state index contributed by atoms with van der Waals surface area (Å²) >= 11 is 1.46. The first-order valence-electron chi connectivity index (χ1n) is 5.46. The van der Waals surface area contributed by atoms with Gasteiger partial charge in [0, 0.05) is 10.4 Å². The van der Waals surface area contributed by atoms with E-state index in [1.54, 1.807) is 13.0 Å². The molecule has 1 amide bonds. The van der Waals surface area contributed by atoms with Crippen molar-refractivity contribution in [2.45, 2.75) is 23.8 Å². The molecule has 1 unspecified atom stereocenters. The minimum absolute atomic E-state index is 0.0541. The Kier molecular flexibility index (Phi) is 3.32. The molecule has 0 spiro atoms. The van der Waals surface area contributed by atoms with E-state index in [-0.39, 0.29) is 12.3 Å². The smallest absolute Gasteiger partial charge is 0.305 e. The molecule has 0 aliphatic carbocycles. The number of nitrogens with two attached hydrogens (primary N) is 1. The Balaban J connectivity index is 2.33. The number of fused-ring (bicyclic) bond motifs is 1. The van der Waals surface area contributed by atoms with Gasteiger partial charge in [-0.05, 0) is 24.6 Å². The molecule has 0 aromatic heterocycles. The second kappa shape index (κ2) is 4.62. The molecule has 2 rings (SSSR count). The van der Waals surface area contributed by atoms with Gasteiger partial charge in [-0.3, -0.25) is 9.59 Å². The average molecular weight is 266 g/mol. The monoisotopic (exact) mass is 266 g/mol. The maximum absolute atomic E-state index is 11.3. The van der Waals surface area contributed by atoms with Crippen LogP contribution < -0.4 is 11.1 Å². The van der Waals surface area contributed by atoms with E-state index in [0.717, 1.165) is 4.90 Å². The Hall–Kier alpha value is -1.53. The Bertz CT molecular complexity index is 514. The fourth-order valence-electron chi connectivity index (χ4n) is 1.85.